The molecule has 4 heteroatoms. The summed E-state index contributed by atoms with van der Waals surface area (Å²) >= 11 is 5.79. The quantitative estimate of drug-likeness (QED) is 0.756. The van der Waals surface area contributed by atoms with Gasteiger partial charge in [0.15, 0.2) is 0 Å². The standard InChI is InChI=1S/C12H14ClNOS/c1-10(16(15)9-3-2-8-14)11-4-6-12(13)7-5-11/h4-7,10H,2-3,9H2,1H3/t10-,16+/m1/s1. The van der Waals surface area contributed by atoms with Crippen LogP contribution in [-0.2, 0) is 10.8 Å². The molecule has 16 heavy (non-hydrogen) atoms. The molecular weight excluding hydrogens is 242 g/mol. The number of hydrogen-bond acceptors (Lipinski definition) is 2. The van der Waals surface area contributed by atoms with Gasteiger partial charge in [-0.15, -0.1) is 0 Å². The number of nitrogens with zero attached hydrogens (tertiary/aromatic N) is 1. The Bertz CT molecular complexity index is 396. The molecule has 0 spiro atoms. The third-order valence-electron chi connectivity index (χ3n) is 2.37. The van der Waals surface area contributed by atoms with E-state index in [1.165, 1.54) is 0 Å². The van der Waals surface area contributed by atoms with E-state index in [9.17, 15) is 4.21 Å². The molecule has 0 bridgehead atoms. The first-order valence-corrected chi connectivity index (χ1v) is 6.90. The van der Waals surface area contributed by atoms with Crippen LogP contribution in [0.3, 0.4) is 0 Å². The number of nitriles is 1. The summed E-state index contributed by atoms with van der Waals surface area (Å²) in [6.07, 6.45) is 1.17. The third kappa shape index (κ3) is 3.96. The fourth-order valence-electron chi connectivity index (χ4n) is 1.36. The van der Waals surface area contributed by atoms with Gasteiger partial charge in [-0.1, -0.05) is 23.7 Å². The van der Waals surface area contributed by atoms with Gasteiger partial charge in [-0.25, -0.2) is 0 Å². The minimum absolute atomic E-state index is 0.00374. The minimum atomic E-state index is -0.918. The average molecular weight is 256 g/mol. The fraction of sp³-hybridized carbons (Fsp3) is 0.417. The molecule has 0 aliphatic rings. The second-order valence-corrected chi connectivity index (χ2v) is 5.85. The van der Waals surface area contributed by atoms with Crippen molar-refractivity contribution in [3.8, 4) is 6.07 Å². The van der Waals surface area contributed by atoms with Crippen molar-refractivity contribution < 1.29 is 4.21 Å². The SMILES string of the molecule is C[C@H](c1ccc(Cl)cc1)[S@@](=O)CCCC#N. The summed E-state index contributed by atoms with van der Waals surface area (Å²) in [4.78, 5) is 0. The Morgan fingerprint density at radius 2 is 2.06 bits per heavy atom. The molecule has 86 valence electrons. The van der Waals surface area contributed by atoms with Crippen molar-refractivity contribution in [3.63, 3.8) is 0 Å². The van der Waals surface area contributed by atoms with Crippen molar-refractivity contribution in [2.75, 3.05) is 5.75 Å². The molecule has 0 aliphatic carbocycles. The van der Waals surface area contributed by atoms with Gasteiger partial charge >= 0.3 is 0 Å². The second kappa shape index (κ2) is 6.67. The van der Waals surface area contributed by atoms with Crippen LogP contribution in [0.25, 0.3) is 0 Å². The molecule has 0 amide bonds. The predicted molar refractivity (Wildman–Crippen MR) is 67.7 cm³/mol. The molecule has 0 unspecified atom stereocenters. The first-order chi connectivity index (χ1) is 7.65. The van der Waals surface area contributed by atoms with Gasteiger partial charge in [0.05, 0.1) is 11.3 Å². The summed E-state index contributed by atoms with van der Waals surface area (Å²) < 4.78 is 11.9. The van der Waals surface area contributed by atoms with Crippen LogP contribution in [0.1, 0.15) is 30.6 Å². The first-order valence-electron chi connectivity index (χ1n) is 5.14. The molecule has 1 aromatic rings. The van der Waals surface area contributed by atoms with Gasteiger partial charge in [0.2, 0.25) is 0 Å². The van der Waals surface area contributed by atoms with Crippen LogP contribution >= 0.6 is 11.6 Å². The summed E-state index contributed by atoms with van der Waals surface area (Å²) in [5.74, 6) is 0.581. The van der Waals surface area contributed by atoms with Gasteiger partial charge < -0.3 is 0 Å². The summed E-state index contributed by atoms with van der Waals surface area (Å²) in [5, 5.41) is 9.08. The van der Waals surface area contributed by atoms with Gasteiger partial charge in [0.1, 0.15) is 0 Å². The van der Waals surface area contributed by atoms with Crippen LogP contribution in [-0.4, -0.2) is 9.96 Å². The van der Waals surface area contributed by atoms with Crippen molar-refractivity contribution in [2.24, 2.45) is 0 Å². The molecule has 0 N–H and O–H groups in total. The lowest BCUT2D eigenvalue weighted by molar-refractivity contribution is 0.673. The summed E-state index contributed by atoms with van der Waals surface area (Å²) in [6.45, 7) is 1.94. The number of unbranched alkanes of at least 4 members (excludes halogenated alkanes) is 1. The van der Waals surface area contributed by atoms with Crippen LogP contribution in [0, 0.1) is 11.3 Å². The zero-order valence-corrected chi connectivity index (χ0v) is 10.7. The van der Waals surface area contributed by atoms with Crippen molar-refractivity contribution in [3.05, 3.63) is 34.9 Å². The summed E-state index contributed by atoms with van der Waals surface area (Å²) in [6, 6.07) is 9.46. The Morgan fingerprint density at radius 3 is 2.62 bits per heavy atom. The van der Waals surface area contributed by atoms with Gasteiger partial charge in [-0.2, -0.15) is 5.26 Å². The third-order valence-corrected chi connectivity index (χ3v) is 4.37. The van der Waals surface area contributed by atoms with E-state index in [0.29, 0.717) is 23.6 Å². The maximum atomic E-state index is 11.9. The lowest BCUT2D eigenvalue weighted by atomic mass is 10.2. The maximum Gasteiger partial charge on any atom is 0.0622 e. The van der Waals surface area contributed by atoms with Gasteiger partial charge in [-0.3, -0.25) is 4.21 Å². The molecule has 0 aromatic heterocycles. The Labute approximate surface area is 104 Å². The fourth-order valence-corrected chi connectivity index (χ4v) is 2.72. The number of rotatable bonds is 5. The Hall–Kier alpha value is -0.850. The van der Waals surface area contributed by atoms with Crippen LogP contribution in [0.4, 0.5) is 0 Å². The number of benzene rings is 1. The van der Waals surface area contributed by atoms with E-state index < -0.39 is 10.8 Å². The van der Waals surface area contributed by atoms with Gasteiger partial charge in [0, 0.05) is 28.0 Å². The topological polar surface area (TPSA) is 40.9 Å². The van der Waals surface area contributed by atoms with E-state index in [1.807, 2.05) is 19.1 Å². The minimum Gasteiger partial charge on any atom is -0.259 e. The predicted octanol–water partition coefficient (Wildman–Crippen LogP) is 3.45. The molecular formula is C12H14ClNOS. The molecule has 2 nitrogen and oxygen atoms in total. The maximum absolute atomic E-state index is 11.9. The van der Waals surface area contributed by atoms with Crippen LogP contribution in [0.15, 0.2) is 24.3 Å². The van der Waals surface area contributed by atoms with Crippen LogP contribution < -0.4 is 0 Å². The van der Waals surface area contributed by atoms with Gasteiger partial charge in [0.25, 0.3) is 0 Å². The molecule has 0 heterocycles. The smallest absolute Gasteiger partial charge is 0.0622 e. The van der Waals surface area contributed by atoms with E-state index in [1.54, 1.807) is 12.1 Å². The molecule has 1 rings (SSSR count). The second-order valence-electron chi connectivity index (χ2n) is 3.54. The monoisotopic (exact) mass is 255 g/mol. The van der Waals surface area contributed by atoms with E-state index in [2.05, 4.69) is 6.07 Å². The van der Waals surface area contributed by atoms with Gasteiger partial charge in [-0.05, 0) is 31.0 Å². The zero-order valence-electron chi connectivity index (χ0n) is 9.15. The van der Waals surface area contributed by atoms with Crippen molar-refractivity contribution in [1.82, 2.24) is 0 Å². The number of hydrogen-bond donors (Lipinski definition) is 0. The van der Waals surface area contributed by atoms with Crippen LogP contribution in [0.5, 0.6) is 0 Å². The Kier molecular flexibility index (Phi) is 5.51. The largest absolute Gasteiger partial charge is 0.259 e. The summed E-state index contributed by atoms with van der Waals surface area (Å²) in [5.41, 5.74) is 1.03. The molecule has 0 radical (unpaired) electrons. The zero-order chi connectivity index (χ0) is 12.0. The number of halogens is 1. The molecule has 0 saturated carbocycles. The highest BCUT2D eigenvalue weighted by atomic mass is 35.5. The van der Waals surface area contributed by atoms with E-state index in [0.717, 1.165) is 5.56 Å². The molecule has 2 atom stereocenters. The highest BCUT2D eigenvalue weighted by molar-refractivity contribution is 7.85. The molecule has 1 aromatic carbocycles. The lowest BCUT2D eigenvalue weighted by Gasteiger charge is -2.11. The van der Waals surface area contributed by atoms with Crippen molar-refractivity contribution in [1.29, 1.82) is 5.26 Å². The summed E-state index contributed by atoms with van der Waals surface area (Å²) in [7, 11) is -0.918. The van der Waals surface area contributed by atoms with Crippen molar-refractivity contribution in [2.45, 2.75) is 25.0 Å². The highest BCUT2D eigenvalue weighted by Gasteiger charge is 2.12. The van der Waals surface area contributed by atoms with Crippen molar-refractivity contribution >= 4 is 22.4 Å². The Morgan fingerprint density at radius 1 is 1.44 bits per heavy atom. The first kappa shape index (κ1) is 13.2. The molecule has 0 aliphatic heterocycles. The average Bonchev–Trinajstić information content (AvgIpc) is 2.29. The van der Waals surface area contributed by atoms with E-state index in [-0.39, 0.29) is 5.25 Å². The lowest BCUT2D eigenvalue weighted by Crippen LogP contribution is -2.06. The van der Waals surface area contributed by atoms with E-state index >= 15 is 0 Å². The van der Waals surface area contributed by atoms with E-state index in [4.69, 9.17) is 16.9 Å². The van der Waals surface area contributed by atoms with Crippen LogP contribution in [0.2, 0.25) is 5.02 Å². The highest BCUT2D eigenvalue weighted by Crippen LogP contribution is 2.21. The molecule has 0 saturated heterocycles. The molecule has 0 fully saturated rings. The normalized spacial score (nSPS) is 14.1. The Balaban J connectivity index is 2.57.